The van der Waals surface area contributed by atoms with Crippen LogP contribution in [0.5, 0.6) is 0 Å². The van der Waals surface area contributed by atoms with Crippen molar-refractivity contribution in [2.75, 3.05) is 12.5 Å². The summed E-state index contributed by atoms with van der Waals surface area (Å²) in [5.41, 5.74) is 2.07. The Morgan fingerprint density at radius 2 is 2.05 bits per heavy atom. The van der Waals surface area contributed by atoms with Crippen molar-refractivity contribution in [1.29, 1.82) is 0 Å². The number of benzene rings is 1. The van der Waals surface area contributed by atoms with E-state index in [0.29, 0.717) is 0 Å². The van der Waals surface area contributed by atoms with E-state index in [-0.39, 0.29) is 22.8 Å². The van der Waals surface area contributed by atoms with Crippen molar-refractivity contribution in [1.82, 2.24) is 10.6 Å². The molecule has 0 aliphatic carbocycles. The number of hydrogen-bond acceptors (Lipinski definition) is 6. The standard InChI is InChI=1S/C11H15N5O4/c1-6(10(17)13-2)14-11(18)7-3-4-9(16(19)20)8(5-7)15-12/h3-6,15H,12H2,1-2H3,(H,13,17)(H,14,18). The topological polar surface area (TPSA) is 139 Å². The zero-order chi connectivity index (χ0) is 15.3. The van der Waals surface area contributed by atoms with E-state index in [9.17, 15) is 19.7 Å². The Morgan fingerprint density at radius 3 is 2.55 bits per heavy atom. The number of amides is 2. The monoisotopic (exact) mass is 281 g/mol. The number of nitrogens with two attached hydrogens (primary N) is 1. The largest absolute Gasteiger partial charge is 0.357 e. The summed E-state index contributed by atoms with van der Waals surface area (Å²) in [6, 6.07) is 2.96. The number of nitro benzene ring substituents is 1. The summed E-state index contributed by atoms with van der Waals surface area (Å²) in [4.78, 5) is 33.3. The number of hydrogen-bond donors (Lipinski definition) is 4. The Balaban J connectivity index is 2.94. The number of likely N-dealkylation sites (N-methyl/N-ethyl adjacent to an activating group) is 1. The van der Waals surface area contributed by atoms with Crippen molar-refractivity contribution in [3.05, 3.63) is 33.9 Å². The highest BCUT2D eigenvalue weighted by Crippen LogP contribution is 2.24. The lowest BCUT2D eigenvalue weighted by molar-refractivity contribution is -0.384. The van der Waals surface area contributed by atoms with Gasteiger partial charge in [0.2, 0.25) is 5.91 Å². The fourth-order valence-electron chi connectivity index (χ4n) is 1.51. The van der Waals surface area contributed by atoms with Crippen LogP contribution < -0.4 is 21.9 Å². The van der Waals surface area contributed by atoms with Crippen LogP contribution in [-0.4, -0.2) is 29.8 Å². The Hall–Kier alpha value is -2.68. The van der Waals surface area contributed by atoms with E-state index in [1.165, 1.54) is 26.1 Å². The summed E-state index contributed by atoms with van der Waals surface area (Å²) in [6.45, 7) is 1.52. The highest BCUT2D eigenvalue weighted by molar-refractivity contribution is 5.98. The number of anilines is 1. The van der Waals surface area contributed by atoms with Gasteiger partial charge < -0.3 is 16.1 Å². The maximum atomic E-state index is 11.9. The number of carbonyl (C=O) groups excluding carboxylic acids is 2. The van der Waals surface area contributed by atoms with Crippen molar-refractivity contribution in [3.8, 4) is 0 Å². The van der Waals surface area contributed by atoms with Gasteiger partial charge in [-0.2, -0.15) is 0 Å². The molecule has 20 heavy (non-hydrogen) atoms. The molecule has 0 spiro atoms. The number of hydrazine groups is 1. The van der Waals surface area contributed by atoms with Crippen LogP contribution in [0, 0.1) is 10.1 Å². The molecule has 1 atom stereocenters. The second-order valence-electron chi connectivity index (χ2n) is 3.94. The molecule has 108 valence electrons. The molecule has 0 bridgehead atoms. The van der Waals surface area contributed by atoms with E-state index in [0.717, 1.165) is 6.07 Å². The molecule has 5 N–H and O–H groups in total. The zero-order valence-electron chi connectivity index (χ0n) is 11.0. The highest BCUT2D eigenvalue weighted by Gasteiger charge is 2.19. The van der Waals surface area contributed by atoms with E-state index in [1.54, 1.807) is 0 Å². The third-order valence-electron chi connectivity index (χ3n) is 2.60. The molecular formula is C11H15N5O4. The first-order valence-electron chi connectivity index (χ1n) is 5.68. The summed E-state index contributed by atoms with van der Waals surface area (Å²) < 4.78 is 0. The van der Waals surface area contributed by atoms with Crippen LogP contribution in [0.2, 0.25) is 0 Å². The number of nitrogen functional groups attached to an aromatic ring is 1. The normalized spacial score (nSPS) is 11.3. The van der Waals surface area contributed by atoms with Crippen molar-refractivity contribution < 1.29 is 14.5 Å². The van der Waals surface area contributed by atoms with Crippen LogP contribution in [0.25, 0.3) is 0 Å². The van der Waals surface area contributed by atoms with Crippen LogP contribution in [0.3, 0.4) is 0 Å². The molecule has 0 aliphatic heterocycles. The summed E-state index contributed by atoms with van der Waals surface area (Å²) >= 11 is 0. The number of rotatable bonds is 5. The molecule has 0 aliphatic rings. The maximum Gasteiger partial charge on any atom is 0.293 e. The van der Waals surface area contributed by atoms with Crippen molar-refractivity contribution >= 4 is 23.2 Å². The molecule has 0 saturated heterocycles. The van der Waals surface area contributed by atoms with E-state index in [4.69, 9.17) is 5.84 Å². The van der Waals surface area contributed by atoms with Crippen LogP contribution in [0.15, 0.2) is 18.2 Å². The summed E-state index contributed by atoms with van der Waals surface area (Å²) in [5, 5.41) is 15.6. The molecule has 9 nitrogen and oxygen atoms in total. The molecule has 1 unspecified atom stereocenters. The first-order chi connectivity index (χ1) is 9.40. The van der Waals surface area contributed by atoms with Crippen molar-refractivity contribution in [2.45, 2.75) is 13.0 Å². The third kappa shape index (κ3) is 3.42. The van der Waals surface area contributed by atoms with Crippen LogP contribution in [0.4, 0.5) is 11.4 Å². The van der Waals surface area contributed by atoms with Gasteiger partial charge in [0.25, 0.3) is 11.6 Å². The minimum absolute atomic E-state index is 0.00949. The first kappa shape index (κ1) is 15.4. The van der Waals surface area contributed by atoms with Crippen molar-refractivity contribution in [3.63, 3.8) is 0 Å². The van der Waals surface area contributed by atoms with Gasteiger partial charge in [-0.05, 0) is 19.1 Å². The smallest absolute Gasteiger partial charge is 0.293 e. The molecule has 1 rings (SSSR count). The quantitative estimate of drug-likeness (QED) is 0.333. The van der Waals surface area contributed by atoms with Crippen molar-refractivity contribution in [2.24, 2.45) is 5.84 Å². The van der Waals surface area contributed by atoms with Gasteiger partial charge in [0, 0.05) is 18.7 Å². The molecule has 1 aromatic carbocycles. The third-order valence-corrected chi connectivity index (χ3v) is 2.60. The molecule has 0 saturated carbocycles. The SMILES string of the molecule is CNC(=O)C(C)NC(=O)c1ccc([N+](=O)[O-])c(NN)c1. The zero-order valence-corrected chi connectivity index (χ0v) is 11.0. The molecule has 0 aromatic heterocycles. The fourth-order valence-corrected chi connectivity index (χ4v) is 1.51. The minimum atomic E-state index is -0.725. The number of carbonyl (C=O) groups is 2. The molecule has 0 fully saturated rings. The Morgan fingerprint density at radius 1 is 1.40 bits per heavy atom. The number of nitrogens with zero attached hydrogens (tertiary/aromatic N) is 1. The molecule has 0 radical (unpaired) electrons. The maximum absolute atomic E-state index is 11.9. The second-order valence-corrected chi connectivity index (χ2v) is 3.94. The second kappa shape index (κ2) is 6.48. The van der Waals surface area contributed by atoms with E-state index < -0.39 is 16.9 Å². The van der Waals surface area contributed by atoms with E-state index in [2.05, 4.69) is 16.1 Å². The van der Waals surface area contributed by atoms with Crippen LogP contribution in [-0.2, 0) is 4.79 Å². The van der Waals surface area contributed by atoms with E-state index in [1.807, 2.05) is 0 Å². The lowest BCUT2D eigenvalue weighted by atomic mass is 10.1. The van der Waals surface area contributed by atoms with Gasteiger partial charge in [0.05, 0.1) is 4.92 Å². The predicted octanol–water partition coefficient (Wildman–Crippen LogP) is -0.255. The van der Waals surface area contributed by atoms with Gasteiger partial charge in [-0.15, -0.1) is 0 Å². The number of nitro groups is 1. The molecule has 9 heteroatoms. The Bertz CT molecular complexity index is 546. The Kier molecular flexibility index (Phi) is 4.98. The average Bonchev–Trinajstić information content (AvgIpc) is 2.45. The first-order valence-corrected chi connectivity index (χ1v) is 5.68. The summed E-state index contributed by atoms with van der Waals surface area (Å²) in [5.74, 6) is 4.29. The van der Waals surface area contributed by atoms with E-state index >= 15 is 0 Å². The predicted molar refractivity (Wildman–Crippen MR) is 71.9 cm³/mol. The summed E-state index contributed by atoms with van der Waals surface area (Å²) in [7, 11) is 1.45. The number of nitrogens with one attached hydrogen (secondary N) is 3. The lowest BCUT2D eigenvalue weighted by Crippen LogP contribution is -2.43. The fraction of sp³-hybridized carbons (Fsp3) is 0.273. The highest BCUT2D eigenvalue weighted by atomic mass is 16.6. The average molecular weight is 281 g/mol. The molecule has 0 heterocycles. The van der Waals surface area contributed by atoms with Gasteiger partial charge in [0.15, 0.2) is 0 Å². The van der Waals surface area contributed by atoms with Gasteiger partial charge >= 0.3 is 0 Å². The minimum Gasteiger partial charge on any atom is -0.357 e. The molecule has 2 amide bonds. The van der Waals surface area contributed by atoms with Gasteiger partial charge in [-0.3, -0.25) is 25.5 Å². The van der Waals surface area contributed by atoms with Crippen LogP contribution in [0.1, 0.15) is 17.3 Å². The van der Waals surface area contributed by atoms with Crippen LogP contribution >= 0.6 is 0 Å². The lowest BCUT2D eigenvalue weighted by Gasteiger charge is -2.12. The van der Waals surface area contributed by atoms with Gasteiger partial charge in [0.1, 0.15) is 11.7 Å². The molecular weight excluding hydrogens is 266 g/mol. The Labute approximate surface area is 114 Å². The van der Waals surface area contributed by atoms with Gasteiger partial charge in [-0.25, -0.2) is 0 Å². The molecule has 1 aromatic rings. The van der Waals surface area contributed by atoms with Gasteiger partial charge in [-0.1, -0.05) is 0 Å². The summed E-state index contributed by atoms with van der Waals surface area (Å²) in [6.07, 6.45) is 0.